The maximum Gasteiger partial charge on any atom is 0.242 e. The van der Waals surface area contributed by atoms with Crippen molar-refractivity contribution in [3.8, 4) is 0 Å². The molecule has 0 aliphatic carbocycles. The van der Waals surface area contributed by atoms with Gasteiger partial charge in [-0.1, -0.05) is 0 Å². The van der Waals surface area contributed by atoms with Crippen molar-refractivity contribution in [1.82, 2.24) is 9.71 Å². The van der Waals surface area contributed by atoms with Gasteiger partial charge in [0, 0.05) is 18.4 Å². The third kappa shape index (κ3) is 4.71. The maximum atomic E-state index is 11.8. The van der Waals surface area contributed by atoms with Crippen LogP contribution in [0.3, 0.4) is 0 Å². The van der Waals surface area contributed by atoms with Crippen LogP contribution in [0.5, 0.6) is 0 Å². The van der Waals surface area contributed by atoms with E-state index in [-0.39, 0.29) is 11.5 Å². The Kier molecular flexibility index (Phi) is 6.04. The van der Waals surface area contributed by atoms with Crippen LogP contribution in [-0.2, 0) is 16.6 Å². The van der Waals surface area contributed by atoms with Gasteiger partial charge >= 0.3 is 0 Å². The number of unbranched alkanes of at least 4 members (excludes halogenated alkanes) is 1. The van der Waals surface area contributed by atoms with Crippen LogP contribution in [0.1, 0.15) is 18.5 Å². The van der Waals surface area contributed by atoms with Gasteiger partial charge in [0.25, 0.3) is 0 Å². The summed E-state index contributed by atoms with van der Waals surface area (Å²) in [7, 11) is -3.44. The summed E-state index contributed by atoms with van der Waals surface area (Å²) in [6.45, 7) is 0.256. The van der Waals surface area contributed by atoms with Crippen LogP contribution in [0.2, 0.25) is 0 Å². The molecule has 98 valence electrons. The van der Waals surface area contributed by atoms with Crippen molar-refractivity contribution < 1.29 is 13.5 Å². The Hall–Kier alpha value is -0.500. The third-order valence-corrected chi connectivity index (χ3v) is 4.40. The van der Waals surface area contributed by atoms with Crippen LogP contribution in [0, 0.1) is 0 Å². The number of hydrogen-bond acceptors (Lipinski definition) is 4. The summed E-state index contributed by atoms with van der Waals surface area (Å²) in [6.07, 6.45) is 5.24. The van der Waals surface area contributed by atoms with E-state index in [0.717, 1.165) is 18.6 Å². The van der Waals surface area contributed by atoms with Gasteiger partial charge in [-0.3, -0.25) is 0 Å². The zero-order valence-electron chi connectivity index (χ0n) is 9.77. The third-order valence-electron chi connectivity index (χ3n) is 2.26. The van der Waals surface area contributed by atoms with E-state index in [2.05, 4.69) is 9.71 Å². The first kappa shape index (κ1) is 14.6. The predicted octanol–water partition coefficient (Wildman–Crippen LogP) is 0.928. The van der Waals surface area contributed by atoms with Crippen LogP contribution in [0.4, 0.5) is 0 Å². The summed E-state index contributed by atoms with van der Waals surface area (Å²) in [5.41, 5.74) is 0.493. The first-order valence-corrected chi connectivity index (χ1v) is 8.24. The summed E-state index contributed by atoms with van der Waals surface area (Å²) in [5, 5.41) is 8.84. The number of aliphatic hydroxyl groups excluding tert-OH is 1. The number of rotatable bonds is 8. The molecular formula is C10H18N2O3S2. The van der Waals surface area contributed by atoms with Crippen LogP contribution < -0.4 is 4.72 Å². The van der Waals surface area contributed by atoms with E-state index in [9.17, 15) is 8.42 Å². The van der Waals surface area contributed by atoms with Gasteiger partial charge in [-0.15, -0.1) is 0 Å². The maximum absolute atomic E-state index is 11.8. The Balaban J connectivity index is 2.45. The van der Waals surface area contributed by atoms with Crippen LogP contribution in [0.25, 0.3) is 0 Å². The van der Waals surface area contributed by atoms with E-state index in [0.29, 0.717) is 12.2 Å². The van der Waals surface area contributed by atoms with E-state index >= 15 is 0 Å². The molecule has 1 aromatic rings. The number of aromatic amines is 1. The van der Waals surface area contributed by atoms with Crippen LogP contribution >= 0.6 is 11.8 Å². The van der Waals surface area contributed by atoms with E-state index in [1.807, 2.05) is 6.26 Å². The van der Waals surface area contributed by atoms with Crippen molar-refractivity contribution in [3.63, 3.8) is 0 Å². The lowest BCUT2D eigenvalue weighted by atomic mass is 10.3. The standard InChI is InChI=1S/C10H18N2O3S2/c1-16-5-3-2-4-12-17(14,15)10-6-9(8-13)11-7-10/h6-7,11-13H,2-5,8H2,1H3. The zero-order valence-corrected chi connectivity index (χ0v) is 11.4. The molecule has 0 aliphatic heterocycles. The lowest BCUT2D eigenvalue weighted by Gasteiger charge is -2.04. The number of hydrogen-bond donors (Lipinski definition) is 3. The van der Waals surface area contributed by atoms with Crippen molar-refractivity contribution in [3.05, 3.63) is 18.0 Å². The number of aliphatic hydroxyl groups is 1. The summed E-state index contributed by atoms with van der Waals surface area (Å²) < 4.78 is 26.1. The van der Waals surface area contributed by atoms with Crippen LogP contribution in [0.15, 0.2) is 17.2 Å². The molecule has 17 heavy (non-hydrogen) atoms. The molecule has 7 heteroatoms. The molecule has 0 saturated carbocycles. The second-order valence-electron chi connectivity index (χ2n) is 3.62. The van der Waals surface area contributed by atoms with Gasteiger partial charge in [0.1, 0.15) is 0 Å². The minimum Gasteiger partial charge on any atom is -0.390 e. The Morgan fingerprint density at radius 2 is 2.24 bits per heavy atom. The van der Waals surface area contributed by atoms with Crippen molar-refractivity contribution >= 4 is 21.8 Å². The second kappa shape index (κ2) is 7.05. The van der Waals surface area contributed by atoms with Crippen molar-refractivity contribution in [2.75, 3.05) is 18.6 Å². The van der Waals surface area contributed by atoms with E-state index in [1.54, 1.807) is 11.8 Å². The molecule has 5 nitrogen and oxygen atoms in total. The highest BCUT2D eigenvalue weighted by Gasteiger charge is 2.14. The minimum atomic E-state index is -3.44. The first-order chi connectivity index (χ1) is 8.10. The smallest absolute Gasteiger partial charge is 0.242 e. The van der Waals surface area contributed by atoms with E-state index in [4.69, 9.17) is 5.11 Å². The molecule has 3 N–H and O–H groups in total. The minimum absolute atomic E-state index is 0.173. The van der Waals surface area contributed by atoms with Crippen molar-refractivity contribution in [1.29, 1.82) is 0 Å². The SMILES string of the molecule is CSCCCCNS(=O)(=O)c1c[nH]c(CO)c1. The van der Waals surface area contributed by atoms with Gasteiger partial charge in [-0.25, -0.2) is 13.1 Å². The van der Waals surface area contributed by atoms with E-state index in [1.165, 1.54) is 12.3 Å². The summed E-state index contributed by atoms with van der Waals surface area (Å²) in [5.74, 6) is 1.04. The van der Waals surface area contributed by atoms with Gasteiger partial charge in [0.2, 0.25) is 10.0 Å². The second-order valence-corrected chi connectivity index (χ2v) is 6.37. The normalized spacial score (nSPS) is 11.9. The lowest BCUT2D eigenvalue weighted by molar-refractivity contribution is 0.277. The van der Waals surface area contributed by atoms with Gasteiger partial charge in [0.05, 0.1) is 11.5 Å². The molecule has 0 aromatic carbocycles. The van der Waals surface area contributed by atoms with Gasteiger partial charge in [0.15, 0.2) is 0 Å². The van der Waals surface area contributed by atoms with Crippen LogP contribution in [-0.4, -0.2) is 37.1 Å². The van der Waals surface area contributed by atoms with Crippen molar-refractivity contribution in [2.45, 2.75) is 24.3 Å². The molecule has 0 amide bonds. The molecule has 0 unspecified atom stereocenters. The molecule has 0 fully saturated rings. The zero-order chi connectivity index (χ0) is 12.7. The highest BCUT2D eigenvalue weighted by atomic mass is 32.2. The average Bonchev–Trinajstić information content (AvgIpc) is 2.78. The molecule has 0 saturated heterocycles. The predicted molar refractivity (Wildman–Crippen MR) is 69.5 cm³/mol. The molecule has 0 spiro atoms. The Morgan fingerprint density at radius 3 is 2.82 bits per heavy atom. The molecule has 0 radical (unpaired) electrons. The number of sulfonamides is 1. The fourth-order valence-corrected chi connectivity index (χ4v) is 2.91. The number of aromatic nitrogens is 1. The highest BCUT2D eigenvalue weighted by Crippen LogP contribution is 2.10. The highest BCUT2D eigenvalue weighted by molar-refractivity contribution is 7.98. The van der Waals surface area contributed by atoms with Crippen molar-refractivity contribution in [2.24, 2.45) is 0 Å². The number of nitrogens with one attached hydrogen (secondary N) is 2. The van der Waals surface area contributed by atoms with Gasteiger partial charge in [-0.05, 0) is 30.9 Å². The Bertz CT molecular complexity index is 429. The quantitative estimate of drug-likeness (QED) is 0.618. The topological polar surface area (TPSA) is 82.2 Å². The number of H-pyrrole nitrogens is 1. The molecule has 0 atom stereocenters. The molecule has 0 aliphatic rings. The molecular weight excluding hydrogens is 260 g/mol. The average molecular weight is 278 g/mol. The molecule has 1 rings (SSSR count). The molecule has 1 heterocycles. The fraction of sp³-hybridized carbons (Fsp3) is 0.600. The Labute approximate surface area is 106 Å². The Morgan fingerprint density at radius 1 is 1.47 bits per heavy atom. The fourth-order valence-electron chi connectivity index (χ4n) is 1.33. The summed E-state index contributed by atoms with van der Waals surface area (Å²) in [4.78, 5) is 2.87. The summed E-state index contributed by atoms with van der Waals surface area (Å²) in [6, 6.07) is 1.43. The molecule has 0 bridgehead atoms. The van der Waals surface area contributed by atoms with Gasteiger partial charge in [-0.2, -0.15) is 11.8 Å². The monoisotopic (exact) mass is 278 g/mol. The van der Waals surface area contributed by atoms with Gasteiger partial charge < -0.3 is 10.1 Å². The molecule has 1 aromatic heterocycles. The van der Waals surface area contributed by atoms with E-state index < -0.39 is 10.0 Å². The summed E-state index contributed by atoms with van der Waals surface area (Å²) >= 11 is 1.75. The first-order valence-electron chi connectivity index (χ1n) is 5.37. The largest absolute Gasteiger partial charge is 0.390 e. The number of thioether (sulfide) groups is 1. The lowest BCUT2D eigenvalue weighted by Crippen LogP contribution is -2.24.